The van der Waals surface area contributed by atoms with Crippen molar-refractivity contribution in [3.8, 4) is 34.2 Å². The van der Waals surface area contributed by atoms with Gasteiger partial charge in [-0.1, -0.05) is 27.7 Å². The summed E-state index contributed by atoms with van der Waals surface area (Å²) in [5.41, 5.74) is -0.516. The van der Waals surface area contributed by atoms with E-state index in [0.29, 0.717) is 45.1 Å². The predicted octanol–water partition coefficient (Wildman–Crippen LogP) is 10.5. The molecule has 3 amide bonds. The molecule has 32 heteroatoms. The average Bonchev–Trinajstić information content (AvgIpc) is 2.50. The molecule has 0 radical (unpaired) electrons. The minimum Gasteiger partial charge on any atom is -0.356 e. The summed E-state index contributed by atoms with van der Waals surface area (Å²) in [4.78, 5) is 83.6. The Morgan fingerprint density at radius 3 is 1.20 bits per heavy atom. The number of pyridine rings is 3. The van der Waals surface area contributed by atoms with Gasteiger partial charge in [-0.2, -0.15) is 39.5 Å². The molecule has 21 nitrogen and oxygen atoms in total. The third-order valence-electron chi connectivity index (χ3n) is 13.8. The van der Waals surface area contributed by atoms with E-state index in [1.54, 1.807) is 101 Å². The molecule has 0 aliphatic rings. The highest BCUT2D eigenvalue weighted by Gasteiger charge is 2.40. The lowest BCUT2D eigenvalue weighted by Gasteiger charge is -2.32. The first kappa shape index (κ1) is 64.9. The maximum Gasteiger partial charge on any atom is 0.405 e. The van der Waals surface area contributed by atoms with Crippen LogP contribution in [-0.2, 0) is 14.4 Å². The van der Waals surface area contributed by atoms with Crippen LogP contribution in [0.3, 0.4) is 0 Å². The van der Waals surface area contributed by atoms with Gasteiger partial charge in [0.1, 0.15) is 59.0 Å². The molecule has 9 aromatic rings. The first-order valence-corrected chi connectivity index (χ1v) is 26.6. The van der Waals surface area contributed by atoms with Crippen molar-refractivity contribution in [3.63, 3.8) is 0 Å². The van der Waals surface area contributed by atoms with E-state index in [4.69, 9.17) is 0 Å². The molecule has 2 atom stereocenters. The lowest BCUT2D eigenvalue weighted by Crippen LogP contribution is -2.53. The van der Waals surface area contributed by atoms with E-state index in [0.717, 1.165) is 28.7 Å². The quantitative estimate of drug-likeness (QED) is 0.0340. The standard InChI is InChI=1S/C19H20F4N6O.C18H18F4N6O.C18H19F3N6O/c1-3-18(4-2,17(30)27-10-19(21,22)23)29-16-13(20)9-26-15(28-16)12-8-25-14-11(12)6-5-7-24-14;1-3-17(2,16(29)26-9-18(20,21)22)28-15-12(19)8-25-14(27-15)11-7-24-13-10(11)5-4-6-23-13;1-3-17(2,16(28)25-10-18(19,20)21)27-13-6-8-23-15(26-13)12-9-24-14-11(12)5-4-7-22-14/h5-9H,3-4,10H2,1-2H3,(H,24,25)(H,27,30)(H,26,28,29);4-8H,3,9H2,1-2H3,(H,23,24)(H,26,29)(H,25,27,28);4-9H,3,10H2,1-2H3,(H,22,24)(H,25,28)(H,23,26,27)/t;2*17-/m.01/s1. The van der Waals surface area contributed by atoms with Crippen molar-refractivity contribution < 1.29 is 62.7 Å². The predicted molar refractivity (Wildman–Crippen MR) is 300 cm³/mol. The molecule has 0 fully saturated rings. The first-order chi connectivity index (χ1) is 41.0. The van der Waals surface area contributed by atoms with Crippen LogP contribution in [0.5, 0.6) is 0 Å². The minimum atomic E-state index is -4.56. The van der Waals surface area contributed by atoms with Gasteiger partial charge in [0.2, 0.25) is 17.7 Å². The fourth-order valence-electron chi connectivity index (χ4n) is 8.44. The molecular formula is C55H57F11N18O3. The SMILES string of the molecule is CCC(CC)(Nc1nc(-c2c[nH]c3ncccc23)ncc1F)C(=O)NCC(F)(F)F.CC[C@@](C)(Nc1ccnc(-c2c[nH]c3ncccc23)n1)C(=O)NCC(F)(F)F.CC[C@](C)(Nc1nc(-c2c[nH]c3ncccc23)ncc1F)C(=O)NCC(F)(F)F. The third kappa shape index (κ3) is 16.2. The second kappa shape index (κ2) is 26.7. The molecule has 0 saturated carbocycles. The zero-order valence-corrected chi connectivity index (χ0v) is 47.1. The maximum absolute atomic E-state index is 14.4. The fourth-order valence-corrected chi connectivity index (χ4v) is 8.44. The summed E-state index contributed by atoms with van der Waals surface area (Å²) in [5, 5.41) is 16.1. The number of carbonyl (C=O) groups is 3. The molecular weight excluding hydrogens is 1170 g/mol. The Balaban J connectivity index is 0.000000187. The van der Waals surface area contributed by atoms with Gasteiger partial charge in [-0.05, 0) is 82.0 Å². The number of aromatic amines is 3. The fraction of sp³-hybridized carbons (Fsp3) is 0.345. The molecule has 87 heavy (non-hydrogen) atoms. The Morgan fingerprint density at radius 2 is 0.816 bits per heavy atom. The lowest BCUT2D eigenvalue weighted by molar-refractivity contribution is -0.141. The van der Waals surface area contributed by atoms with Gasteiger partial charge >= 0.3 is 18.5 Å². The van der Waals surface area contributed by atoms with Crippen molar-refractivity contribution in [2.24, 2.45) is 0 Å². The van der Waals surface area contributed by atoms with E-state index < -0.39 is 84.1 Å². The Hall–Kier alpha value is -9.65. The third-order valence-corrected chi connectivity index (χ3v) is 13.8. The van der Waals surface area contributed by atoms with Crippen molar-refractivity contribution in [2.75, 3.05) is 35.6 Å². The van der Waals surface area contributed by atoms with Crippen molar-refractivity contribution in [3.05, 3.63) is 110 Å². The number of hydrogen-bond donors (Lipinski definition) is 9. The summed E-state index contributed by atoms with van der Waals surface area (Å²) in [6.45, 7) is 5.08. The number of rotatable bonds is 19. The minimum absolute atomic E-state index is 0.0898. The number of fused-ring (bicyclic) bond motifs is 3. The zero-order chi connectivity index (χ0) is 63.5. The Labute approximate surface area is 487 Å². The smallest absolute Gasteiger partial charge is 0.356 e. The monoisotopic (exact) mass is 1230 g/mol. The van der Waals surface area contributed by atoms with Gasteiger partial charge in [0.15, 0.2) is 40.7 Å². The number of H-pyrrole nitrogens is 3. The zero-order valence-electron chi connectivity index (χ0n) is 47.1. The second-order valence-electron chi connectivity index (χ2n) is 19.8. The number of halogens is 11. The number of carbonyl (C=O) groups excluding carboxylic acids is 3. The summed E-state index contributed by atoms with van der Waals surface area (Å²) < 4.78 is 141. The average molecular weight is 1230 g/mol. The van der Waals surface area contributed by atoms with E-state index in [-0.39, 0.29) is 49.0 Å². The second-order valence-corrected chi connectivity index (χ2v) is 19.8. The Morgan fingerprint density at radius 1 is 0.448 bits per heavy atom. The lowest BCUT2D eigenvalue weighted by atomic mass is 9.91. The molecule has 462 valence electrons. The van der Waals surface area contributed by atoms with Gasteiger partial charge in [0, 0.05) is 76.2 Å². The van der Waals surface area contributed by atoms with Crippen molar-refractivity contribution in [2.45, 2.75) is 102 Å². The van der Waals surface area contributed by atoms with Crippen LogP contribution in [0.1, 0.15) is 67.2 Å². The van der Waals surface area contributed by atoms with Crippen molar-refractivity contribution >= 4 is 68.3 Å². The molecule has 9 heterocycles. The van der Waals surface area contributed by atoms with Gasteiger partial charge in [-0.15, -0.1) is 0 Å². The summed E-state index contributed by atoms with van der Waals surface area (Å²) in [6.07, 6.45) is 0.227. The molecule has 0 aliphatic heterocycles. The molecule has 9 rings (SSSR count). The van der Waals surface area contributed by atoms with Crippen LogP contribution < -0.4 is 31.9 Å². The van der Waals surface area contributed by atoms with Gasteiger partial charge in [-0.3, -0.25) is 14.4 Å². The van der Waals surface area contributed by atoms with E-state index in [9.17, 15) is 62.7 Å². The van der Waals surface area contributed by atoms with Gasteiger partial charge in [-0.25, -0.2) is 53.6 Å². The molecule has 0 unspecified atom stereocenters. The molecule has 0 bridgehead atoms. The van der Waals surface area contributed by atoms with Gasteiger partial charge in [0.25, 0.3) is 0 Å². The molecule has 0 aromatic carbocycles. The van der Waals surface area contributed by atoms with Crippen molar-refractivity contribution in [1.82, 2.24) is 75.8 Å². The first-order valence-electron chi connectivity index (χ1n) is 26.6. The van der Waals surface area contributed by atoms with Crippen LogP contribution in [-0.4, -0.2) is 132 Å². The van der Waals surface area contributed by atoms with Crippen LogP contribution in [0.25, 0.3) is 67.3 Å². The van der Waals surface area contributed by atoms with Gasteiger partial charge in [0.05, 0.1) is 12.4 Å². The summed E-state index contributed by atoms with van der Waals surface area (Å²) >= 11 is 0. The Bertz CT molecular complexity index is 3850. The van der Waals surface area contributed by atoms with E-state index >= 15 is 0 Å². The number of alkyl halides is 9. The highest BCUT2D eigenvalue weighted by molar-refractivity contribution is 5.95. The van der Waals surface area contributed by atoms with E-state index in [1.165, 1.54) is 20.0 Å². The molecule has 9 N–H and O–H groups in total. The van der Waals surface area contributed by atoms with Crippen LogP contribution in [0.4, 0.5) is 65.7 Å². The highest BCUT2D eigenvalue weighted by atomic mass is 19.4. The van der Waals surface area contributed by atoms with Crippen LogP contribution in [0, 0.1) is 11.6 Å². The van der Waals surface area contributed by atoms with Crippen LogP contribution in [0.15, 0.2) is 98.2 Å². The normalized spacial score (nSPS) is 13.3. The summed E-state index contributed by atoms with van der Waals surface area (Å²) in [5.74, 6) is -3.73. The highest BCUT2D eigenvalue weighted by Crippen LogP contribution is 2.32. The number of amides is 3. The summed E-state index contributed by atoms with van der Waals surface area (Å²) in [6, 6.07) is 12.3. The van der Waals surface area contributed by atoms with Crippen molar-refractivity contribution in [1.29, 1.82) is 0 Å². The van der Waals surface area contributed by atoms with Crippen LogP contribution >= 0.6 is 0 Å². The van der Waals surface area contributed by atoms with Gasteiger partial charge < -0.3 is 46.9 Å². The Kier molecular flexibility index (Phi) is 19.9. The van der Waals surface area contributed by atoms with Crippen LogP contribution in [0.2, 0.25) is 0 Å². The largest absolute Gasteiger partial charge is 0.405 e. The summed E-state index contributed by atoms with van der Waals surface area (Å²) in [7, 11) is 0. The maximum atomic E-state index is 14.4. The molecule has 0 aliphatic carbocycles. The van der Waals surface area contributed by atoms with E-state index in [1.807, 2.05) is 22.0 Å². The number of aromatic nitrogens is 12. The number of nitrogens with zero attached hydrogens (tertiary/aromatic N) is 9. The molecule has 9 aromatic heterocycles. The van der Waals surface area contributed by atoms with E-state index in [2.05, 4.69) is 75.8 Å². The number of anilines is 3. The topological polar surface area (TPSA) is 287 Å². The number of hydrogen-bond acceptors (Lipinski definition) is 15. The number of nitrogens with one attached hydrogen (secondary N) is 9. The molecule has 0 spiro atoms. The molecule has 0 saturated heterocycles.